The summed E-state index contributed by atoms with van der Waals surface area (Å²) >= 11 is 0. The van der Waals surface area contributed by atoms with Gasteiger partial charge in [-0.2, -0.15) is 0 Å². The predicted molar refractivity (Wildman–Crippen MR) is 83.2 cm³/mol. The minimum absolute atomic E-state index is 0.786. The molecule has 2 aliphatic rings. The summed E-state index contributed by atoms with van der Waals surface area (Å²) in [4.78, 5) is 7.24. The third kappa shape index (κ3) is 2.85. The molecule has 3 rings (SSSR count). The lowest BCUT2D eigenvalue weighted by Crippen LogP contribution is -2.41. The molecule has 0 aromatic carbocycles. The molecule has 112 valence electrons. The second kappa shape index (κ2) is 6.17. The number of hydrogen-bond acceptors (Lipinski definition) is 3. The van der Waals surface area contributed by atoms with Gasteiger partial charge in [0.15, 0.2) is 0 Å². The number of hydrogen-bond donors (Lipinski definition) is 1. The fourth-order valence-corrected chi connectivity index (χ4v) is 3.81. The highest BCUT2D eigenvalue weighted by atomic mass is 15.3. The molecule has 0 bridgehead atoms. The summed E-state index contributed by atoms with van der Waals surface area (Å²) in [6, 6.07) is 0.786. The molecule has 1 aromatic rings. The maximum Gasteiger partial charge on any atom is 0.205 e. The summed E-state index contributed by atoms with van der Waals surface area (Å²) in [7, 11) is 0. The average Bonchev–Trinajstić information content (AvgIpc) is 3.09. The van der Waals surface area contributed by atoms with E-state index < -0.39 is 0 Å². The van der Waals surface area contributed by atoms with Crippen LogP contribution in [0.15, 0.2) is 6.20 Å². The van der Waals surface area contributed by atoms with Crippen molar-refractivity contribution in [1.29, 1.82) is 0 Å². The van der Waals surface area contributed by atoms with Crippen molar-refractivity contribution >= 4 is 5.95 Å². The van der Waals surface area contributed by atoms with Gasteiger partial charge in [0, 0.05) is 31.9 Å². The number of nitrogens with one attached hydrogen (secondary N) is 1. The molecule has 0 spiro atoms. The van der Waals surface area contributed by atoms with E-state index in [9.17, 15) is 0 Å². The Morgan fingerprint density at radius 1 is 1.30 bits per heavy atom. The standard InChI is InChI=1S/C16H28N4/c1-3-9-20-12-13(2)18-16(20)19-10-6-14(7-11-19)15-5-4-8-17-15/h12,14-15,17H,3-11H2,1-2H3. The van der Waals surface area contributed by atoms with Gasteiger partial charge in [0.1, 0.15) is 0 Å². The van der Waals surface area contributed by atoms with E-state index in [4.69, 9.17) is 4.98 Å². The molecule has 1 aromatic heterocycles. The van der Waals surface area contributed by atoms with Crippen molar-refractivity contribution in [2.75, 3.05) is 24.5 Å². The third-order valence-corrected chi connectivity index (χ3v) is 4.83. The van der Waals surface area contributed by atoms with Crippen molar-refractivity contribution in [2.45, 2.75) is 58.5 Å². The molecule has 2 saturated heterocycles. The Morgan fingerprint density at radius 2 is 2.10 bits per heavy atom. The van der Waals surface area contributed by atoms with Crippen molar-refractivity contribution in [2.24, 2.45) is 5.92 Å². The maximum atomic E-state index is 4.75. The Labute approximate surface area is 122 Å². The second-order valence-corrected chi connectivity index (χ2v) is 6.40. The van der Waals surface area contributed by atoms with E-state index in [1.165, 1.54) is 57.7 Å². The lowest BCUT2D eigenvalue weighted by atomic mass is 9.89. The molecular formula is C16H28N4. The summed E-state index contributed by atoms with van der Waals surface area (Å²) in [6.45, 7) is 8.99. The van der Waals surface area contributed by atoms with E-state index in [2.05, 4.69) is 34.8 Å². The number of imidazole rings is 1. The third-order valence-electron chi connectivity index (χ3n) is 4.83. The Balaban J connectivity index is 1.62. The number of aryl methyl sites for hydroxylation is 2. The summed E-state index contributed by atoms with van der Waals surface area (Å²) in [5.41, 5.74) is 1.15. The highest BCUT2D eigenvalue weighted by Crippen LogP contribution is 2.28. The van der Waals surface area contributed by atoms with Crippen molar-refractivity contribution in [3.05, 3.63) is 11.9 Å². The van der Waals surface area contributed by atoms with Crippen LogP contribution < -0.4 is 10.2 Å². The number of rotatable bonds is 4. The smallest absolute Gasteiger partial charge is 0.205 e. The van der Waals surface area contributed by atoms with Gasteiger partial charge in [-0.15, -0.1) is 0 Å². The Morgan fingerprint density at radius 3 is 2.75 bits per heavy atom. The summed E-state index contributed by atoms with van der Waals surface area (Å²) in [6.07, 6.45) is 8.75. The molecular weight excluding hydrogens is 248 g/mol. The Kier molecular flexibility index (Phi) is 4.29. The molecule has 0 amide bonds. The van der Waals surface area contributed by atoms with E-state index in [0.29, 0.717) is 0 Å². The average molecular weight is 276 g/mol. The molecule has 4 nitrogen and oxygen atoms in total. The largest absolute Gasteiger partial charge is 0.342 e. The zero-order valence-electron chi connectivity index (χ0n) is 12.9. The van der Waals surface area contributed by atoms with Crippen LogP contribution in [0.5, 0.6) is 0 Å². The van der Waals surface area contributed by atoms with Crippen LogP contribution in [-0.2, 0) is 6.54 Å². The molecule has 0 radical (unpaired) electrons. The first-order valence-corrected chi connectivity index (χ1v) is 8.30. The molecule has 3 heterocycles. The van der Waals surface area contributed by atoms with Crippen molar-refractivity contribution < 1.29 is 0 Å². The van der Waals surface area contributed by atoms with Crippen LogP contribution >= 0.6 is 0 Å². The van der Waals surface area contributed by atoms with Crippen LogP contribution in [0.4, 0.5) is 5.95 Å². The number of aromatic nitrogens is 2. The first-order valence-electron chi connectivity index (χ1n) is 8.30. The van der Waals surface area contributed by atoms with Gasteiger partial charge in [0.25, 0.3) is 0 Å². The lowest BCUT2D eigenvalue weighted by molar-refractivity contribution is 0.316. The molecule has 1 atom stereocenters. The molecule has 0 aliphatic carbocycles. The maximum absolute atomic E-state index is 4.75. The zero-order chi connectivity index (χ0) is 13.9. The monoisotopic (exact) mass is 276 g/mol. The minimum Gasteiger partial charge on any atom is -0.342 e. The van der Waals surface area contributed by atoms with Crippen LogP contribution in [-0.4, -0.2) is 35.2 Å². The van der Waals surface area contributed by atoms with Crippen molar-refractivity contribution in [1.82, 2.24) is 14.9 Å². The predicted octanol–water partition coefficient (Wildman–Crippen LogP) is 2.57. The van der Waals surface area contributed by atoms with Gasteiger partial charge in [0.05, 0.1) is 5.69 Å². The van der Waals surface area contributed by atoms with E-state index in [-0.39, 0.29) is 0 Å². The van der Waals surface area contributed by atoms with E-state index in [0.717, 1.165) is 24.2 Å². The van der Waals surface area contributed by atoms with Crippen LogP contribution in [0.2, 0.25) is 0 Å². The number of anilines is 1. The van der Waals surface area contributed by atoms with Gasteiger partial charge in [-0.1, -0.05) is 6.92 Å². The van der Waals surface area contributed by atoms with Crippen LogP contribution in [0.1, 0.15) is 44.7 Å². The van der Waals surface area contributed by atoms with Crippen LogP contribution in [0, 0.1) is 12.8 Å². The van der Waals surface area contributed by atoms with E-state index >= 15 is 0 Å². The molecule has 0 saturated carbocycles. The molecule has 2 fully saturated rings. The Hall–Kier alpha value is -1.03. The normalized spacial score (nSPS) is 24.5. The van der Waals surface area contributed by atoms with Crippen molar-refractivity contribution in [3.8, 4) is 0 Å². The summed E-state index contributed by atoms with van der Waals surface area (Å²) in [5, 5.41) is 3.68. The lowest BCUT2D eigenvalue weighted by Gasteiger charge is -2.35. The molecule has 2 aliphatic heterocycles. The first kappa shape index (κ1) is 13.9. The topological polar surface area (TPSA) is 33.1 Å². The first-order chi connectivity index (χ1) is 9.78. The molecule has 4 heteroatoms. The highest BCUT2D eigenvalue weighted by molar-refractivity contribution is 5.34. The second-order valence-electron chi connectivity index (χ2n) is 6.40. The zero-order valence-corrected chi connectivity index (χ0v) is 12.9. The van der Waals surface area contributed by atoms with Gasteiger partial charge in [0.2, 0.25) is 5.95 Å². The fraction of sp³-hybridized carbons (Fsp3) is 0.812. The van der Waals surface area contributed by atoms with E-state index in [1.54, 1.807) is 0 Å². The van der Waals surface area contributed by atoms with E-state index in [1.807, 2.05) is 0 Å². The van der Waals surface area contributed by atoms with Gasteiger partial charge in [-0.3, -0.25) is 0 Å². The van der Waals surface area contributed by atoms with Crippen LogP contribution in [0.3, 0.4) is 0 Å². The van der Waals surface area contributed by atoms with Gasteiger partial charge < -0.3 is 14.8 Å². The summed E-state index contributed by atoms with van der Waals surface area (Å²) < 4.78 is 2.34. The highest BCUT2D eigenvalue weighted by Gasteiger charge is 2.29. The van der Waals surface area contributed by atoms with Crippen molar-refractivity contribution in [3.63, 3.8) is 0 Å². The Bertz CT molecular complexity index is 426. The minimum atomic E-state index is 0.786. The molecule has 1 N–H and O–H groups in total. The molecule has 1 unspecified atom stereocenters. The number of piperidine rings is 1. The fourth-order valence-electron chi connectivity index (χ4n) is 3.81. The quantitative estimate of drug-likeness (QED) is 0.917. The molecule has 20 heavy (non-hydrogen) atoms. The SMILES string of the molecule is CCCn1cc(C)nc1N1CCC(C2CCCN2)CC1. The summed E-state index contributed by atoms with van der Waals surface area (Å²) in [5.74, 6) is 2.08. The van der Waals surface area contributed by atoms with Gasteiger partial charge >= 0.3 is 0 Å². The van der Waals surface area contributed by atoms with Gasteiger partial charge in [-0.25, -0.2) is 4.98 Å². The van der Waals surface area contributed by atoms with Gasteiger partial charge in [-0.05, 0) is 51.5 Å². The van der Waals surface area contributed by atoms with Crippen LogP contribution in [0.25, 0.3) is 0 Å². The number of nitrogens with zero attached hydrogens (tertiary/aromatic N) is 3.